The first-order valence-electron chi connectivity index (χ1n) is 10.9. The van der Waals surface area contributed by atoms with Gasteiger partial charge in [0, 0.05) is 19.3 Å². The van der Waals surface area contributed by atoms with Gasteiger partial charge in [0.2, 0.25) is 0 Å². The van der Waals surface area contributed by atoms with Crippen LogP contribution in [0, 0.1) is 6.92 Å². The van der Waals surface area contributed by atoms with Crippen LogP contribution in [0.15, 0.2) is 48.2 Å². The van der Waals surface area contributed by atoms with E-state index in [0.29, 0.717) is 47.2 Å². The maximum atomic E-state index is 13.3. The number of rotatable bonds is 7. The molecule has 1 atom stereocenters. The standard InChI is InChI=1S/C25H28N4O5/c1-15-21(28-11-7-6-8-19(28)26-15)23(30)20-22(16-9-10-17(33-4)18(14-16)34-5)29(13-12-27(2)3)25(32)24(20)31/h6-11,14,22,30H,12-13H2,1-5H3/b23-20+/t22-/m0/s1. The minimum Gasteiger partial charge on any atom is -0.505 e. The number of ether oxygens (including phenoxy) is 2. The number of nitrogens with zero attached hydrogens (tertiary/aromatic N) is 4. The summed E-state index contributed by atoms with van der Waals surface area (Å²) in [6.07, 6.45) is 1.76. The van der Waals surface area contributed by atoms with Gasteiger partial charge < -0.3 is 24.4 Å². The number of carbonyl (C=O) groups excluding carboxylic acids is 2. The van der Waals surface area contributed by atoms with E-state index in [1.54, 1.807) is 35.7 Å². The third kappa shape index (κ3) is 3.88. The van der Waals surface area contributed by atoms with Crippen LogP contribution in [0.5, 0.6) is 11.5 Å². The number of likely N-dealkylation sites (tertiary alicyclic amines) is 1. The van der Waals surface area contributed by atoms with Gasteiger partial charge in [-0.05, 0) is 50.8 Å². The van der Waals surface area contributed by atoms with E-state index in [1.165, 1.54) is 19.1 Å². The summed E-state index contributed by atoms with van der Waals surface area (Å²) in [5.74, 6) is -0.670. The molecule has 0 saturated carbocycles. The summed E-state index contributed by atoms with van der Waals surface area (Å²) in [6, 6.07) is 9.89. The highest BCUT2D eigenvalue weighted by Gasteiger charge is 2.46. The number of amides is 1. The van der Waals surface area contributed by atoms with Gasteiger partial charge >= 0.3 is 0 Å². The van der Waals surface area contributed by atoms with Gasteiger partial charge in [-0.15, -0.1) is 0 Å². The minimum absolute atomic E-state index is 0.0183. The molecule has 9 heteroatoms. The van der Waals surface area contributed by atoms with Gasteiger partial charge in [-0.25, -0.2) is 4.98 Å². The molecular weight excluding hydrogens is 436 g/mol. The number of aliphatic hydroxyl groups excluding tert-OH is 1. The number of aromatic nitrogens is 2. The van der Waals surface area contributed by atoms with E-state index in [1.807, 2.05) is 37.2 Å². The van der Waals surface area contributed by atoms with E-state index in [-0.39, 0.29) is 11.3 Å². The van der Waals surface area contributed by atoms with Gasteiger partial charge in [0.15, 0.2) is 17.3 Å². The lowest BCUT2D eigenvalue weighted by molar-refractivity contribution is -0.140. The van der Waals surface area contributed by atoms with Crippen molar-refractivity contribution in [3.05, 3.63) is 65.1 Å². The van der Waals surface area contributed by atoms with Crippen LogP contribution < -0.4 is 9.47 Å². The van der Waals surface area contributed by atoms with Gasteiger partial charge in [0.05, 0.1) is 31.5 Å². The van der Waals surface area contributed by atoms with Crippen LogP contribution in [0.3, 0.4) is 0 Å². The van der Waals surface area contributed by atoms with Gasteiger partial charge in [-0.1, -0.05) is 12.1 Å². The zero-order valence-corrected chi connectivity index (χ0v) is 19.9. The average molecular weight is 465 g/mol. The summed E-state index contributed by atoms with van der Waals surface area (Å²) in [7, 11) is 6.84. The quantitative estimate of drug-likeness (QED) is 0.326. The van der Waals surface area contributed by atoms with Crippen molar-refractivity contribution in [1.29, 1.82) is 0 Å². The molecule has 1 fully saturated rings. The Kier molecular flexibility index (Phi) is 6.30. The number of methoxy groups -OCH3 is 2. The molecule has 1 saturated heterocycles. The monoisotopic (exact) mass is 464 g/mol. The number of carbonyl (C=O) groups is 2. The average Bonchev–Trinajstić information content (AvgIpc) is 3.29. The predicted molar refractivity (Wildman–Crippen MR) is 127 cm³/mol. The van der Waals surface area contributed by atoms with Crippen LogP contribution in [0.25, 0.3) is 11.4 Å². The molecule has 2 aromatic heterocycles. The Hall–Kier alpha value is -3.85. The lowest BCUT2D eigenvalue weighted by Gasteiger charge is -2.27. The van der Waals surface area contributed by atoms with Gasteiger partial charge in [-0.2, -0.15) is 0 Å². The fourth-order valence-corrected chi connectivity index (χ4v) is 4.31. The normalized spacial score (nSPS) is 17.7. The molecule has 1 N–H and O–H groups in total. The molecule has 0 aliphatic carbocycles. The highest BCUT2D eigenvalue weighted by molar-refractivity contribution is 6.46. The number of pyridine rings is 1. The fourth-order valence-electron chi connectivity index (χ4n) is 4.31. The van der Waals surface area contributed by atoms with Crippen molar-refractivity contribution in [2.75, 3.05) is 41.4 Å². The molecule has 1 aliphatic rings. The van der Waals surface area contributed by atoms with Crippen molar-refractivity contribution in [2.45, 2.75) is 13.0 Å². The molecule has 178 valence electrons. The summed E-state index contributed by atoms with van der Waals surface area (Å²) >= 11 is 0. The number of hydrogen-bond acceptors (Lipinski definition) is 7. The van der Waals surface area contributed by atoms with E-state index >= 15 is 0 Å². The third-order valence-electron chi connectivity index (χ3n) is 5.98. The molecule has 0 radical (unpaired) electrons. The largest absolute Gasteiger partial charge is 0.505 e. The first-order valence-corrected chi connectivity index (χ1v) is 10.9. The molecule has 0 spiro atoms. The number of hydrogen-bond donors (Lipinski definition) is 1. The summed E-state index contributed by atoms with van der Waals surface area (Å²) in [5.41, 5.74) is 2.21. The fraction of sp³-hybridized carbons (Fsp3) is 0.320. The van der Waals surface area contributed by atoms with Gasteiger partial charge in [0.25, 0.3) is 11.7 Å². The predicted octanol–water partition coefficient (Wildman–Crippen LogP) is 2.64. The van der Waals surface area contributed by atoms with E-state index in [0.717, 1.165) is 0 Å². The molecular formula is C25H28N4O5. The molecule has 1 amide bonds. The second-order valence-corrected chi connectivity index (χ2v) is 8.38. The third-order valence-corrected chi connectivity index (χ3v) is 5.98. The van der Waals surface area contributed by atoms with Crippen LogP contribution in [0.1, 0.15) is 23.0 Å². The number of ketones is 1. The van der Waals surface area contributed by atoms with Crippen LogP contribution >= 0.6 is 0 Å². The molecule has 0 unspecified atom stereocenters. The molecule has 34 heavy (non-hydrogen) atoms. The molecule has 3 aromatic rings. The highest BCUT2D eigenvalue weighted by atomic mass is 16.5. The molecule has 1 aromatic carbocycles. The number of likely N-dealkylation sites (N-methyl/N-ethyl adjacent to an activating group) is 1. The van der Waals surface area contributed by atoms with Crippen LogP contribution in [-0.4, -0.2) is 77.4 Å². The Morgan fingerprint density at radius 2 is 1.85 bits per heavy atom. The summed E-state index contributed by atoms with van der Waals surface area (Å²) in [5, 5.41) is 11.5. The van der Waals surface area contributed by atoms with Crippen molar-refractivity contribution < 1.29 is 24.2 Å². The number of Topliss-reactive ketones (excluding diaryl/α,β-unsaturated/α-hetero) is 1. The van der Waals surface area contributed by atoms with Crippen molar-refractivity contribution in [1.82, 2.24) is 19.2 Å². The first-order chi connectivity index (χ1) is 16.3. The second kappa shape index (κ2) is 9.18. The van der Waals surface area contributed by atoms with Crippen LogP contribution in [-0.2, 0) is 9.59 Å². The molecule has 3 heterocycles. The maximum Gasteiger partial charge on any atom is 0.295 e. The van der Waals surface area contributed by atoms with Gasteiger partial charge in [-0.3, -0.25) is 14.0 Å². The van der Waals surface area contributed by atoms with E-state index in [9.17, 15) is 14.7 Å². The Labute approximate surface area is 197 Å². The SMILES string of the molecule is COc1ccc([C@H]2/C(=C(\O)c3c(C)nc4ccccn34)C(=O)C(=O)N2CCN(C)C)cc1OC. The highest BCUT2D eigenvalue weighted by Crippen LogP contribution is 2.42. The Balaban J connectivity index is 1.94. The van der Waals surface area contributed by atoms with Crippen LogP contribution in [0.2, 0.25) is 0 Å². The molecule has 1 aliphatic heterocycles. The van der Waals surface area contributed by atoms with Crippen molar-refractivity contribution in [3.63, 3.8) is 0 Å². The molecule has 4 rings (SSSR count). The number of aryl methyl sites for hydroxylation is 1. The lowest BCUT2D eigenvalue weighted by Crippen LogP contribution is -2.35. The van der Waals surface area contributed by atoms with Crippen molar-refractivity contribution >= 4 is 23.1 Å². The Morgan fingerprint density at radius 1 is 1.12 bits per heavy atom. The topological polar surface area (TPSA) is 96.6 Å². The zero-order chi connectivity index (χ0) is 24.6. The van der Waals surface area contributed by atoms with E-state index in [4.69, 9.17) is 9.47 Å². The number of aliphatic hydroxyl groups is 1. The minimum atomic E-state index is -0.798. The maximum absolute atomic E-state index is 13.3. The summed E-state index contributed by atoms with van der Waals surface area (Å²) in [4.78, 5) is 34.4. The Bertz CT molecular complexity index is 1290. The second-order valence-electron chi connectivity index (χ2n) is 8.38. The van der Waals surface area contributed by atoms with E-state index in [2.05, 4.69) is 4.98 Å². The number of benzene rings is 1. The van der Waals surface area contributed by atoms with Crippen molar-refractivity contribution in [3.8, 4) is 11.5 Å². The zero-order valence-electron chi connectivity index (χ0n) is 19.9. The smallest absolute Gasteiger partial charge is 0.295 e. The summed E-state index contributed by atoms with van der Waals surface area (Å²) in [6.45, 7) is 2.61. The van der Waals surface area contributed by atoms with Crippen LogP contribution in [0.4, 0.5) is 0 Å². The molecule has 0 bridgehead atoms. The van der Waals surface area contributed by atoms with E-state index < -0.39 is 17.7 Å². The summed E-state index contributed by atoms with van der Waals surface area (Å²) < 4.78 is 12.5. The first kappa shape index (κ1) is 23.3. The van der Waals surface area contributed by atoms with Crippen molar-refractivity contribution in [2.24, 2.45) is 0 Å². The Morgan fingerprint density at radius 3 is 2.53 bits per heavy atom. The number of fused-ring (bicyclic) bond motifs is 1. The molecule has 9 nitrogen and oxygen atoms in total. The van der Waals surface area contributed by atoms with Gasteiger partial charge in [0.1, 0.15) is 11.3 Å². The number of imidazole rings is 1. The lowest BCUT2D eigenvalue weighted by atomic mass is 9.96.